The lowest BCUT2D eigenvalue weighted by Gasteiger charge is -2.17. The molecular formula is C25H26N2O3. The predicted molar refractivity (Wildman–Crippen MR) is 116 cm³/mol. The number of aryl methyl sites for hydroxylation is 2. The molecule has 3 aromatic rings. The molecule has 1 saturated carbocycles. The van der Waals surface area contributed by atoms with Crippen LogP contribution < -0.4 is 9.47 Å². The third-order valence-corrected chi connectivity index (χ3v) is 5.26. The molecule has 0 radical (unpaired) electrons. The van der Waals surface area contributed by atoms with Crippen molar-refractivity contribution in [3.05, 3.63) is 59.7 Å². The van der Waals surface area contributed by atoms with Crippen molar-refractivity contribution in [1.82, 2.24) is 10.1 Å². The second kappa shape index (κ2) is 9.49. The van der Waals surface area contributed by atoms with Crippen LogP contribution in [0, 0.1) is 18.8 Å². The van der Waals surface area contributed by atoms with E-state index in [1.165, 1.54) is 12.8 Å². The van der Waals surface area contributed by atoms with Gasteiger partial charge in [0.1, 0.15) is 0 Å². The number of aromatic nitrogens is 2. The van der Waals surface area contributed by atoms with Gasteiger partial charge >= 0.3 is 0 Å². The fourth-order valence-corrected chi connectivity index (χ4v) is 3.74. The molecule has 0 unspecified atom stereocenters. The normalized spacial score (nSPS) is 13.7. The van der Waals surface area contributed by atoms with Gasteiger partial charge in [-0.05, 0) is 55.0 Å². The summed E-state index contributed by atoms with van der Waals surface area (Å²) in [6.07, 6.45) is 6.30. The Kier molecular flexibility index (Phi) is 6.34. The molecule has 1 aromatic heterocycles. The molecule has 0 aliphatic heterocycles. The topological polar surface area (TPSA) is 57.4 Å². The monoisotopic (exact) mass is 402 g/mol. The Morgan fingerprint density at radius 3 is 2.70 bits per heavy atom. The Balaban J connectivity index is 1.54. The maximum absolute atomic E-state index is 6.27. The maximum Gasteiger partial charge on any atom is 0.223 e. The molecule has 1 aliphatic carbocycles. The van der Waals surface area contributed by atoms with E-state index in [0.717, 1.165) is 41.0 Å². The van der Waals surface area contributed by atoms with Crippen LogP contribution in [0.4, 0.5) is 0 Å². The first kappa shape index (κ1) is 20.0. The van der Waals surface area contributed by atoms with Crippen molar-refractivity contribution in [2.45, 2.75) is 51.6 Å². The van der Waals surface area contributed by atoms with E-state index in [1.54, 1.807) is 14.0 Å². The first-order chi connectivity index (χ1) is 14.7. The predicted octanol–water partition coefficient (Wildman–Crippen LogP) is 5.36. The zero-order chi connectivity index (χ0) is 20.8. The Hall–Kier alpha value is -3.26. The lowest BCUT2D eigenvalue weighted by molar-refractivity contribution is 0.201. The molecule has 0 atom stereocenters. The van der Waals surface area contributed by atoms with E-state index in [-0.39, 0.29) is 6.10 Å². The molecule has 5 nitrogen and oxygen atoms in total. The van der Waals surface area contributed by atoms with Gasteiger partial charge < -0.3 is 14.0 Å². The first-order valence-electron chi connectivity index (χ1n) is 10.4. The summed E-state index contributed by atoms with van der Waals surface area (Å²) >= 11 is 0. The lowest BCUT2D eigenvalue weighted by atomic mass is 9.99. The van der Waals surface area contributed by atoms with Gasteiger partial charge in [-0.2, -0.15) is 4.98 Å². The Bertz CT molecular complexity index is 1060. The zero-order valence-corrected chi connectivity index (χ0v) is 17.5. The molecule has 0 spiro atoms. The minimum atomic E-state index is 0.276. The zero-order valence-electron chi connectivity index (χ0n) is 17.5. The summed E-state index contributed by atoms with van der Waals surface area (Å²) in [7, 11) is 1.68. The van der Waals surface area contributed by atoms with Crippen molar-refractivity contribution < 1.29 is 14.0 Å². The van der Waals surface area contributed by atoms with Gasteiger partial charge in [0, 0.05) is 25.3 Å². The fourth-order valence-electron chi connectivity index (χ4n) is 3.74. The Morgan fingerprint density at radius 1 is 1.10 bits per heavy atom. The van der Waals surface area contributed by atoms with E-state index < -0.39 is 0 Å². The van der Waals surface area contributed by atoms with Gasteiger partial charge in [-0.3, -0.25) is 0 Å². The number of nitrogens with zero attached hydrogens (tertiary/aromatic N) is 2. The summed E-state index contributed by atoms with van der Waals surface area (Å²) in [5, 5.41) is 3.91. The van der Waals surface area contributed by atoms with E-state index in [1.807, 2.05) is 24.3 Å². The first-order valence-corrected chi connectivity index (χ1v) is 10.4. The van der Waals surface area contributed by atoms with Gasteiger partial charge in [-0.15, -0.1) is 0 Å². The quantitative estimate of drug-likeness (QED) is 0.520. The SMILES string of the molecule is COc1ccc(-c2ccccc2C#CCCc2noc(C)n2)cc1OC1CCCC1. The second-order valence-electron chi connectivity index (χ2n) is 7.47. The Labute approximate surface area is 177 Å². The van der Waals surface area contributed by atoms with Crippen molar-refractivity contribution in [2.24, 2.45) is 0 Å². The molecule has 4 rings (SSSR count). The Morgan fingerprint density at radius 2 is 1.93 bits per heavy atom. The summed E-state index contributed by atoms with van der Waals surface area (Å²) in [6, 6.07) is 14.3. The van der Waals surface area contributed by atoms with Crippen LogP contribution in [0.15, 0.2) is 47.0 Å². The summed E-state index contributed by atoms with van der Waals surface area (Å²) in [5.41, 5.74) is 3.14. The summed E-state index contributed by atoms with van der Waals surface area (Å²) in [4.78, 5) is 4.22. The lowest BCUT2D eigenvalue weighted by Crippen LogP contribution is -2.11. The minimum absolute atomic E-state index is 0.276. The van der Waals surface area contributed by atoms with E-state index >= 15 is 0 Å². The molecule has 0 saturated heterocycles. The number of rotatable bonds is 6. The molecule has 5 heteroatoms. The van der Waals surface area contributed by atoms with E-state index in [4.69, 9.17) is 14.0 Å². The van der Waals surface area contributed by atoms with E-state index in [0.29, 0.717) is 24.6 Å². The largest absolute Gasteiger partial charge is 0.493 e. The standard InChI is InChI=1S/C25H26N2O3/c1-18-26-25(27-30-18)14-8-4-10-19-9-3-7-13-22(19)20-15-16-23(28-2)24(17-20)29-21-11-5-6-12-21/h3,7,9,13,15-17,21H,5-6,8,11-12,14H2,1-2H3. The van der Waals surface area contributed by atoms with Gasteiger partial charge in [-0.1, -0.05) is 41.3 Å². The van der Waals surface area contributed by atoms with Gasteiger partial charge in [-0.25, -0.2) is 0 Å². The molecule has 0 bridgehead atoms. The molecule has 1 heterocycles. The fraction of sp³-hybridized carbons (Fsp3) is 0.360. The average Bonchev–Trinajstić information content (AvgIpc) is 3.43. The molecule has 1 fully saturated rings. The van der Waals surface area contributed by atoms with Crippen LogP contribution >= 0.6 is 0 Å². The smallest absolute Gasteiger partial charge is 0.223 e. The average molecular weight is 402 g/mol. The van der Waals surface area contributed by atoms with Crippen LogP contribution in [0.5, 0.6) is 11.5 Å². The van der Waals surface area contributed by atoms with Crippen LogP contribution in [0.1, 0.15) is 49.4 Å². The van der Waals surface area contributed by atoms with Crippen LogP contribution in [0.25, 0.3) is 11.1 Å². The molecule has 1 aliphatic rings. The molecule has 0 N–H and O–H groups in total. The van der Waals surface area contributed by atoms with E-state index in [9.17, 15) is 0 Å². The molecule has 30 heavy (non-hydrogen) atoms. The highest BCUT2D eigenvalue weighted by atomic mass is 16.5. The number of benzene rings is 2. The van der Waals surface area contributed by atoms with E-state index in [2.05, 4.69) is 40.2 Å². The minimum Gasteiger partial charge on any atom is -0.493 e. The number of ether oxygens (including phenoxy) is 2. The van der Waals surface area contributed by atoms with Crippen molar-refractivity contribution in [1.29, 1.82) is 0 Å². The number of methoxy groups -OCH3 is 1. The van der Waals surface area contributed by atoms with Crippen molar-refractivity contribution in [3.8, 4) is 34.5 Å². The van der Waals surface area contributed by atoms with Crippen LogP contribution in [-0.2, 0) is 6.42 Å². The highest BCUT2D eigenvalue weighted by molar-refractivity contribution is 5.73. The molecule has 0 amide bonds. The highest BCUT2D eigenvalue weighted by Crippen LogP contribution is 2.36. The summed E-state index contributed by atoms with van der Waals surface area (Å²) in [6.45, 7) is 1.79. The third-order valence-electron chi connectivity index (χ3n) is 5.26. The maximum atomic E-state index is 6.27. The van der Waals surface area contributed by atoms with Gasteiger partial charge in [0.2, 0.25) is 5.89 Å². The van der Waals surface area contributed by atoms with Gasteiger partial charge in [0.05, 0.1) is 13.2 Å². The van der Waals surface area contributed by atoms with Crippen LogP contribution in [0.3, 0.4) is 0 Å². The molecule has 2 aromatic carbocycles. The van der Waals surface area contributed by atoms with Crippen molar-refractivity contribution in [2.75, 3.05) is 7.11 Å². The molecular weight excluding hydrogens is 376 g/mol. The second-order valence-corrected chi connectivity index (χ2v) is 7.47. The van der Waals surface area contributed by atoms with Crippen LogP contribution in [0.2, 0.25) is 0 Å². The number of hydrogen-bond donors (Lipinski definition) is 0. The van der Waals surface area contributed by atoms with Crippen LogP contribution in [-0.4, -0.2) is 23.4 Å². The highest BCUT2D eigenvalue weighted by Gasteiger charge is 2.19. The number of hydrogen-bond acceptors (Lipinski definition) is 5. The summed E-state index contributed by atoms with van der Waals surface area (Å²) in [5.74, 6) is 9.39. The molecule has 154 valence electrons. The summed E-state index contributed by atoms with van der Waals surface area (Å²) < 4.78 is 16.8. The van der Waals surface area contributed by atoms with Gasteiger partial charge in [0.15, 0.2) is 17.3 Å². The van der Waals surface area contributed by atoms with Crippen molar-refractivity contribution >= 4 is 0 Å². The van der Waals surface area contributed by atoms with Crippen molar-refractivity contribution in [3.63, 3.8) is 0 Å². The third kappa shape index (κ3) is 4.83. The van der Waals surface area contributed by atoms with Gasteiger partial charge in [0.25, 0.3) is 0 Å².